The summed E-state index contributed by atoms with van der Waals surface area (Å²) in [6.45, 7) is 2.82. The highest BCUT2D eigenvalue weighted by atomic mass is 32.2. The van der Waals surface area contributed by atoms with Gasteiger partial charge in [-0.15, -0.1) is 0 Å². The molecule has 0 spiro atoms. The quantitative estimate of drug-likeness (QED) is 0.784. The molecule has 0 aliphatic carbocycles. The van der Waals surface area contributed by atoms with Crippen LogP contribution in [-0.4, -0.2) is 50.3 Å². The Hall–Kier alpha value is -0.750. The number of hydrogen-bond donors (Lipinski definition) is 1. The van der Waals surface area contributed by atoms with Crippen molar-refractivity contribution in [1.82, 2.24) is 19.7 Å². The third kappa shape index (κ3) is 2.28. The van der Waals surface area contributed by atoms with Gasteiger partial charge in [0.15, 0.2) is 0 Å². The van der Waals surface area contributed by atoms with Crippen molar-refractivity contribution in [3.05, 3.63) is 16.3 Å². The first-order valence-electron chi connectivity index (χ1n) is 6.30. The van der Waals surface area contributed by atoms with Gasteiger partial charge < -0.3 is 0 Å². The standard InChI is InChI=1S/C11H18N4OS/c16-11-13-12-10-1-4-14(5-6-15(10)11)9-2-7-17-8-3-9/h9H,1-8H2,(H,13,16). The SMILES string of the molecule is O=c1[nH]nc2n1CCN(C1CCSCC1)CC2. The molecule has 5 nitrogen and oxygen atoms in total. The molecule has 1 aromatic rings. The second-order valence-corrected chi connectivity index (χ2v) is 5.95. The summed E-state index contributed by atoms with van der Waals surface area (Å²) in [5.74, 6) is 3.49. The summed E-state index contributed by atoms with van der Waals surface area (Å²) in [6.07, 6.45) is 3.48. The van der Waals surface area contributed by atoms with E-state index in [0.717, 1.165) is 37.9 Å². The van der Waals surface area contributed by atoms with Crippen LogP contribution < -0.4 is 5.69 Å². The molecule has 1 fully saturated rings. The summed E-state index contributed by atoms with van der Waals surface area (Å²) in [5, 5.41) is 6.63. The van der Waals surface area contributed by atoms with E-state index in [-0.39, 0.29) is 5.69 Å². The molecule has 0 saturated carbocycles. The largest absolute Gasteiger partial charge is 0.343 e. The average molecular weight is 254 g/mol. The number of nitrogens with zero attached hydrogens (tertiary/aromatic N) is 3. The molecular formula is C11H18N4OS. The van der Waals surface area contributed by atoms with Gasteiger partial charge in [0.05, 0.1) is 0 Å². The zero-order valence-corrected chi connectivity index (χ0v) is 10.7. The zero-order valence-electron chi connectivity index (χ0n) is 9.89. The van der Waals surface area contributed by atoms with Crippen molar-refractivity contribution >= 4 is 11.8 Å². The lowest BCUT2D eigenvalue weighted by molar-refractivity contribution is 0.189. The third-order valence-electron chi connectivity index (χ3n) is 3.78. The molecule has 0 radical (unpaired) electrons. The minimum atomic E-state index is -0.0546. The van der Waals surface area contributed by atoms with Gasteiger partial charge in [-0.2, -0.15) is 16.9 Å². The fraction of sp³-hybridized carbons (Fsp3) is 0.818. The van der Waals surface area contributed by atoms with E-state index in [9.17, 15) is 4.79 Å². The van der Waals surface area contributed by atoms with Crippen LogP contribution in [0.5, 0.6) is 0 Å². The fourth-order valence-electron chi connectivity index (χ4n) is 2.77. The van der Waals surface area contributed by atoms with E-state index in [2.05, 4.69) is 26.9 Å². The van der Waals surface area contributed by atoms with Crippen LogP contribution in [0.25, 0.3) is 0 Å². The number of fused-ring (bicyclic) bond motifs is 1. The highest BCUT2D eigenvalue weighted by Gasteiger charge is 2.24. The predicted molar refractivity (Wildman–Crippen MR) is 68.5 cm³/mol. The number of H-pyrrole nitrogens is 1. The third-order valence-corrected chi connectivity index (χ3v) is 4.83. The van der Waals surface area contributed by atoms with Crippen molar-refractivity contribution < 1.29 is 0 Å². The van der Waals surface area contributed by atoms with Gasteiger partial charge in [-0.1, -0.05) is 0 Å². The van der Waals surface area contributed by atoms with Crippen LogP contribution in [0.3, 0.4) is 0 Å². The first-order valence-corrected chi connectivity index (χ1v) is 7.46. The van der Waals surface area contributed by atoms with Gasteiger partial charge in [0.25, 0.3) is 0 Å². The van der Waals surface area contributed by atoms with Crippen molar-refractivity contribution in [2.45, 2.75) is 31.8 Å². The van der Waals surface area contributed by atoms with Crippen LogP contribution in [0, 0.1) is 0 Å². The summed E-state index contributed by atoms with van der Waals surface area (Å²) in [7, 11) is 0. The number of thioether (sulfide) groups is 1. The Bertz CT molecular complexity index is 435. The molecular weight excluding hydrogens is 236 g/mol. The van der Waals surface area contributed by atoms with E-state index in [1.807, 2.05) is 0 Å². The lowest BCUT2D eigenvalue weighted by Crippen LogP contribution is -2.40. The predicted octanol–water partition coefficient (Wildman–Crippen LogP) is 0.325. The molecule has 1 N–H and O–H groups in total. The van der Waals surface area contributed by atoms with Crippen molar-refractivity contribution in [3.8, 4) is 0 Å². The Balaban J connectivity index is 1.70. The number of aromatic amines is 1. The summed E-state index contributed by atoms with van der Waals surface area (Å²) >= 11 is 2.06. The molecule has 3 heterocycles. The molecule has 0 unspecified atom stereocenters. The van der Waals surface area contributed by atoms with Crippen molar-refractivity contribution in [3.63, 3.8) is 0 Å². The van der Waals surface area contributed by atoms with Gasteiger partial charge in [-0.3, -0.25) is 9.47 Å². The second kappa shape index (κ2) is 4.86. The first kappa shape index (κ1) is 11.3. The monoisotopic (exact) mass is 254 g/mol. The highest BCUT2D eigenvalue weighted by molar-refractivity contribution is 7.99. The topological polar surface area (TPSA) is 53.9 Å². The maximum absolute atomic E-state index is 11.5. The van der Waals surface area contributed by atoms with E-state index in [4.69, 9.17) is 0 Å². The normalized spacial score (nSPS) is 23.3. The molecule has 1 aromatic heterocycles. The molecule has 94 valence electrons. The van der Waals surface area contributed by atoms with E-state index < -0.39 is 0 Å². The van der Waals surface area contributed by atoms with Crippen molar-refractivity contribution in [2.24, 2.45) is 0 Å². The molecule has 0 amide bonds. The Labute approximate surface area is 105 Å². The molecule has 0 aromatic carbocycles. The number of aromatic nitrogens is 3. The molecule has 0 atom stereocenters. The fourth-order valence-corrected chi connectivity index (χ4v) is 3.85. The summed E-state index contributed by atoms with van der Waals surface area (Å²) in [5.41, 5.74) is -0.0546. The number of hydrogen-bond acceptors (Lipinski definition) is 4. The minimum Gasteiger partial charge on any atom is -0.298 e. The van der Waals surface area contributed by atoms with E-state index in [1.165, 1.54) is 24.3 Å². The maximum atomic E-state index is 11.5. The van der Waals surface area contributed by atoms with E-state index >= 15 is 0 Å². The highest BCUT2D eigenvalue weighted by Crippen LogP contribution is 2.22. The Kier molecular flexibility index (Phi) is 3.24. The van der Waals surface area contributed by atoms with Gasteiger partial charge >= 0.3 is 5.69 Å². The van der Waals surface area contributed by atoms with E-state index in [0.29, 0.717) is 0 Å². The second-order valence-electron chi connectivity index (χ2n) is 4.73. The minimum absolute atomic E-state index is 0.0546. The maximum Gasteiger partial charge on any atom is 0.343 e. The van der Waals surface area contributed by atoms with Gasteiger partial charge in [-0.05, 0) is 24.3 Å². The molecule has 6 heteroatoms. The molecule has 1 saturated heterocycles. The van der Waals surface area contributed by atoms with Crippen LogP contribution in [0.1, 0.15) is 18.7 Å². The van der Waals surface area contributed by atoms with Crippen molar-refractivity contribution in [2.75, 3.05) is 24.6 Å². The summed E-state index contributed by atoms with van der Waals surface area (Å²) in [6, 6.07) is 0.722. The molecule has 2 aliphatic heterocycles. The van der Waals surface area contributed by atoms with Crippen LogP contribution in [0.15, 0.2) is 4.79 Å². The smallest absolute Gasteiger partial charge is 0.298 e. The van der Waals surface area contributed by atoms with Crippen LogP contribution in [0.4, 0.5) is 0 Å². The van der Waals surface area contributed by atoms with E-state index in [1.54, 1.807) is 4.57 Å². The lowest BCUT2D eigenvalue weighted by Gasteiger charge is -2.32. The van der Waals surface area contributed by atoms with Gasteiger partial charge in [-0.25, -0.2) is 9.89 Å². The Morgan fingerprint density at radius 2 is 2.06 bits per heavy atom. The first-order chi connectivity index (χ1) is 8.34. The van der Waals surface area contributed by atoms with Gasteiger partial charge in [0, 0.05) is 32.1 Å². The van der Waals surface area contributed by atoms with Crippen LogP contribution >= 0.6 is 11.8 Å². The van der Waals surface area contributed by atoms with Gasteiger partial charge in [0.2, 0.25) is 0 Å². The van der Waals surface area contributed by atoms with Crippen LogP contribution in [0.2, 0.25) is 0 Å². The van der Waals surface area contributed by atoms with Crippen molar-refractivity contribution in [1.29, 1.82) is 0 Å². The van der Waals surface area contributed by atoms with Crippen LogP contribution in [-0.2, 0) is 13.0 Å². The Morgan fingerprint density at radius 3 is 2.88 bits per heavy atom. The zero-order chi connectivity index (χ0) is 11.7. The average Bonchev–Trinajstić information content (AvgIpc) is 2.62. The lowest BCUT2D eigenvalue weighted by atomic mass is 10.1. The Morgan fingerprint density at radius 1 is 1.24 bits per heavy atom. The molecule has 17 heavy (non-hydrogen) atoms. The molecule has 3 rings (SSSR count). The van der Waals surface area contributed by atoms with Gasteiger partial charge in [0.1, 0.15) is 5.82 Å². The number of nitrogens with one attached hydrogen (secondary N) is 1. The number of rotatable bonds is 1. The molecule has 2 aliphatic rings. The summed E-state index contributed by atoms with van der Waals surface area (Å²) < 4.78 is 1.79. The summed E-state index contributed by atoms with van der Waals surface area (Å²) in [4.78, 5) is 14.1. The molecule has 0 bridgehead atoms.